The van der Waals surface area contributed by atoms with Crippen LogP contribution in [0.2, 0.25) is 5.02 Å². The van der Waals surface area contributed by atoms with Gasteiger partial charge in [-0.3, -0.25) is 4.90 Å². The highest BCUT2D eigenvalue weighted by atomic mass is 35.5. The van der Waals surface area contributed by atoms with Crippen molar-refractivity contribution in [3.63, 3.8) is 0 Å². The van der Waals surface area contributed by atoms with Crippen LogP contribution in [0.1, 0.15) is 18.5 Å². The number of ether oxygens (including phenoxy) is 2. The molecule has 1 heterocycles. The van der Waals surface area contributed by atoms with Crippen LogP contribution in [0.3, 0.4) is 0 Å². The highest BCUT2D eigenvalue weighted by Gasteiger charge is 2.37. The molecule has 1 atom stereocenters. The van der Waals surface area contributed by atoms with E-state index in [-0.39, 0.29) is 30.2 Å². The van der Waals surface area contributed by atoms with E-state index in [4.69, 9.17) is 21.1 Å². The second kappa shape index (κ2) is 9.13. The number of carbonyl (C=O) groups excluding carboxylic acids is 2. The molecule has 1 aliphatic rings. The summed E-state index contributed by atoms with van der Waals surface area (Å²) in [6.07, 6.45) is 0. The number of halogens is 3. The third-order valence-electron chi connectivity index (χ3n) is 4.55. The number of rotatable bonds is 6. The van der Waals surface area contributed by atoms with Crippen LogP contribution in [-0.4, -0.2) is 37.2 Å². The smallest absolute Gasteiger partial charge is 0.338 e. The lowest BCUT2D eigenvalue weighted by atomic mass is 9.94. The average Bonchev–Trinajstić information content (AvgIpc) is 2.70. The molecule has 0 bridgehead atoms. The Kier molecular flexibility index (Phi) is 6.56. The highest BCUT2D eigenvalue weighted by Crippen LogP contribution is 2.34. The van der Waals surface area contributed by atoms with Gasteiger partial charge in [0.05, 0.1) is 23.9 Å². The summed E-state index contributed by atoms with van der Waals surface area (Å²) in [7, 11) is 1.44. The quantitative estimate of drug-likeness (QED) is 0.689. The SMILES string of the molecule is CCOC(=O)C1=C(COc2ccc(F)cc2F)N(C)C(=O)N[C@H]1c1ccccc1Cl. The van der Waals surface area contributed by atoms with Gasteiger partial charge in [0.2, 0.25) is 0 Å². The summed E-state index contributed by atoms with van der Waals surface area (Å²) in [5.74, 6) is -2.55. The summed E-state index contributed by atoms with van der Waals surface area (Å²) in [6.45, 7) is 1.43. The predicted molar refractivity (Wildman–Crippen MR) is 106 cm³/mol. The van der Waals surface area contributed by atoms with Gasteiger partial charge in [0.1, 0.15) is 12.4 Å². The minimum atomic E-state index is -0.904. The number of amides is 2. The Morgan fingerprint density at radius 2 is 1.97 bits per heavy atom. The zero-order chi connectivity index (χ0) is 21.8. The molecule has 1 N–H and O–H groups in total. The van der Waals surface area contributed by atoms with Crippen LogP contribution in [0, 0.1) is 11.6 Å². The van der Waals surface area contributed by atoms with Crippen molar-refractivity contribution < 1.29 is 27.8 Å². The highest BCUT2D eigenvalue weighted by molar-refractivity contribution is 6.31. The molecule has 30 heavy (non-hydrogen) atoms. The largest absolute Gasteiger partial charge is 0.484 e. The fourth-order valence-electron chi connectivity index (χ4n) is 3.06. The Balaban J connectivity index is 2.06. The number of nitrogens with zero attached hydrogens (tertiary/aromatic N) is 1. The number of hydrogen-bond acceptors (Lipinski definition) is 4. The molecule has 3 rings (SSSR count). The summed E-state index contributed by atoms with van der Waals surface area (Å²) in [4.78, 5) is 26.5. The molecule has 0 aromatic heterocycles. The molecule has 1 aliphatic heterocycles. The topological polar surface area (TPSA) is 67.9 Å². The maximum atomic E-state index is 14.0. The summed E-state index contributed by atoms with van der Waals surface area (Å²) >= 11 is 6.29. The second-order valence-electron chi connectivity index (χ2n) is 6.41. The first-order valence-electron chi connectivity index (χ1n) is 9.10. The van der Waals surface area contributed by atoms with Crippen LogP contribution in [-0.2, 0) is 9.53 Å². The molecule has 9 heteroatoms. The fourth-order valence-corrected chi connectivity index (χ4v) is 3.31. The van der Waals surface area contributed by atoms with Crippen molar-refractivity contribution in [3.05, 3.63) is 76.0 Å². The predicted octanol–water partition coefficient (Wildman–Crippen LogP) is 4.21. The maximum Gasteiger partial charge on any atom is 0.338 e. The van der Waals surface area contributed by atoms with Gasteiger partial charge in [-0.2, -0.15) is 0 Å². The number of hydrogen-bond donors (Lipinski definition) is 1. The van der Waals surface area contributed by atoms with Gasteiger partial charge >= 0.3 is 12.0 Å². The molecule has 0 fully saturated rings. The fraction of sp³-hybridized carbons (Fsp3) is 0.238. The Morgan fingerprint density at radius 3 is 2.63 bits per heavy atom. The van der Waals surface area contributed by atoms with Gasteiger partial charge in [-0.15, -0.1) is 0 Å². The first-order valence-corrected chi connectivity index (χ1v) is 9.48. The lowest BCUT2D eigenvalue weighted by Gasteiger charge is -2.34. The minimum Gasteiger partial charge on any atom is -0.484 e. The normalized spacial score (nSPS) is 16.4. The molecule has 0 aliphatic carbocycles. The van der Waals surface area contributed by atoms with E-state index >= 15 is 0 Å². The molecule has 0 radical (unpaired) electrons. The van der Waals surface area contributed by atoms with Crippen molar-refractivity contribution in [1.29, 1.82) is 0 Å². The van der Waals surface area contributed by atoms with Gasteiger partial charge in [-0.25, -0.2) is 18.4 Å². The number of nitrogens with one attached hydrogen (secondary N) is 1. The van der Waals surface area contributed by atoms with E-state index in [1.807, 2.05) is 0 Å². The Hall–Kier alpha value is -3.13. The summed E-state index contributed by atoms with van der Waals surface area (Å²) in [5, 5.41) is 3.07. The monoisotopic (exact) mass is 436 g/mol. The van der Waals surface area contributed by atoms with Crippen LogP contribution >= 0.6 is 11.6 Å². The van der Waals surface area contributed by atoms with Crippen molar-refractivity contribution in [2.75, 3.05) is 20.3 Å². The van der Waals surface area contributed by atoms with E-state index in [2.05, 4.69) is 5.32 Å². The first-order chi connectivity index (χ1) is 14.3. The van der Waals surface area contributed by atoms with Crippen molar-refractivity contribution in [2.24, 2.45) is 0 Å². The Morgan fingerprint density at radius 1 is 1.23 bits per heavy atom. The molecular formula is C21H19ClF2N2O4. The van der Waals surface area contributed by atoms with Gasteiger partial charge in [0.15, 0.2) is 11.6 Å². The molecular weight excluding hydrogens is 418 g/mol. The molecule has 0 spiro atoms. The number of benzene rings is 2. The van der Waals surface area contributed by atoms with Gasteiger partial charge in [-0.1, -0.05) is 29.8 Å². The molecule has 158 valence electrons. The zero-order valence-corrected chi connectivity index (χ0v) is 17.0. The Labute approximate surface area is 177 Å². The first kappa shape index (κ1) is 21.6. The number of likely N-dealkylation sites (N-methyl/N-ethyl adjacent to an activating group) is 1. The molecule has 2 aromatic carbocycles. The molecule has 0 unspecified atom stereocenters. The van der Waals surface area contributed by atoms with E-state index in [9.17, 15) is 18.4 Å². The molecule has 2 amide bonds. The zero-order valence-electron chi connectivity index (χ0n) is 16.2. The van der Waals surface area contributed by atoms with E-state index in [0.29, 0.717) is 16.7 Å². The van der Waals surface area contributed by atoms with Crippen LogP contribution < -0.4 is 10.1 Å². The van der Waals surface area contributed by atoms with Gasteiger partial charge < -0.3 is 14.8 Å². The number of esters is 1. The standard InChI is InChI=1S/C21H19ClF2N2O4/c1-3-29-20(27)18-16(11-30-17-9-8-12(23)10-15(17)24)26(2)21(28)25-19(18)13-6-4-5-7-14(13)22/h4-10,19H,3,11H2,1-2H3,(H,25,28)/t19-/m0/s1. The summed E-state index contributed by atoms with van der Waals surface area (Å²) in [5.41, 5.74) is 0.773. The third kappa shape index (κ3) is 4.38. The van der Waals surface area contributed by atoms with Crippen molar-refractivity contribution in [2.45, 2.75) is 13.0 Å². The van der Waals surface area contributed by atoms with Crippen molar-refractivity contribution in [3.8, 4) is 5.75 Å². The summed E-state index contributed by atoms with van der Waals surface area (Å²) in [6, 6.07) is 8.21. The molecule has 2 aromatic rings. The lowest BCUT2D eigenvalue weighted by molar-refractivity contribution is -0.139. The molecule has 6 nitrogen and oxygen atoms in total. The van der Waals surface area contributed by atoms with Crippen molar-refractivity contribution >= 4 is 23.6 Å². The molecule has 0 saturated heterocycles. The minimum absolute atomic E-state index is 0.106. The number of urea groups is 1. The molecule has 0 saturated carbocycles. The van der Waals surface area contributed by atoms with Crippen molar-refractivity contribution in [1.82, 2.24) is 10.2 Å². The van der Waals surface area contributed by atoms with E-state index in [1.54, 1.807) is 31.2 Å². The second-order valence-corrected chi connectivity index (χ2v) is 6.81. The van der Waals surface area contributed by atoms with E-state index < -0.39 is 29.7 Å². The van der Waals surface area contributed by atoms with Crippen LogP contribution in [0.25, 0.3) is 0 Å². The average molecular weight is 437 g/mol. The van der Waals surface area contributed by atoms with Crippen LogP contribution in [0.15, 0.2) is 53.7 Å². The van der Waals surface area contributed by atoms with Gasteiger partial charge in [0.25, 0.3) is 0 Å². The maximum absolute atomic E-state index is 14.0. The third-order valence-corrected chi connectivity index (χ3v) is 4.89. The Bertz CT molecular complexity index is 1010. The summed E-state index contributed by atoms with van der Waals surface area (Å²) < 4.78 is 37.8. The van der Waals surface area contributed by atoms with Crippen LogP contribution in [0.4, 0.5) is 13.6 Å². The lowest BCUT2D eigenvalue weighted by Crippen LogP contribution is -2.48. The number of carbonyl (C=O) groups is 2. The van der Waals surface area contributed by atoms with E-state index in [1.165, 1.54) is 11.9 Å². The van der Waals surface area contributed by atoms with E-state index in [0.717, 1.165) is 12.1 Å². The van der Waals surface area contributed by atoms with Gasteiger partial charge in [-0.05, 0) is 30.7 Å². The van der Waals surface area contributed by atoms with Crippen LogP contribution in [0.5, 0.6) is 5.75 Å². The van der Waals surface area contributed by atoms with Gasteiger partial charge in [0, 0.05) is 18.1 Å².